The third-order valence-corrected chi connectivity index (χ3v) is 2.80. The van der Waals surface area contributed by atoms with Gasteiger partial charge in [-0.25, -0.2) is 9.97 Å². The molecular formula is C9H10N4OS. The molecule has 0 atom stereocenters. The van der Waals surface area contributed by atoms with Crippen LogP contribution in [0.15, 0.2) is 11.7 Å². The number of nitrogens with zero attached hydrogens (tertiary/aromatic N) is 4. The summed E-state index contributed by atoms with van der Waals surface area (Å²) < 4.78 is 1.59. The van der Waals surface area contributed by atoms with Crippen LogP contribution in [0.3, 0.4) is 0 Å². The summed E-state index contributed by atoms with van der Waals surface area (Å²) in [7, 11) is 1.77. The minimum absolute atomic E-state index is 0.0181. The van der Waals surface area contributed by atoms with E-state index in [-0.39, 0.29) is 12.2 Å². The van der Waals surface area contributed by atoms with Crippen LogP contribution in [0.25, 0.3) is 0 Å². The molecular weight excluding hydrogens is 212 g/mol. The number of hydrogen-bond acceptors (Lipinski definition) is 5. The van der Waals surface area contributed by atoms with Gasteiger partial charge in [-0.15, -0.1) is 11.3 Å². The third-order valence-electron chi connectivity index (χ3n) is 2.03. The van der Waals surface area contributed by atoms with Crippen LogP contribution in [-0.4, -0.2) is 25.5 Å². The minimum Gasteiger partial charge on any atom is -0.292 e. The molecule has 0 fully saturated rings. The van der Waals surface area contributed by atoms with Crippen molar-refractivity contribution in [1.82, 2.24) is 19.7 Å². The molecule has 0 bridgehead atoms. The number of aryl methyl sites for hydroxylation is 2. The van der Waals surface area contributed by atoms with E-state index in [1.165, 1.54) is 17.7 Å². The van der Waals surface area contributed by atoms with Gasteiger partial charge in [-0.1, -0.05) is 0 Å². The molecule has 2 heterocycles. The standard InChI is InChI=1S/C9H10N4OS/c1-6-12-7(4-15-6)8(14)3-9-10-5-11-13(9)2/h4-5H,3H2,1-2H3. The lowest BCUT2D eigenvalue weighted by atomic mass is 10.2. The highest BCUT2D eigenvalue weighted by Gasteiger charge is 2.13. The Labute approximate surface area is 90.8 Å². The number of thiazole rings is 1. The highest BCUT2D eigenvalue weighted by atomic mass is 32.1. The summed E-state index contributed by atoms with van der Waals surface area (Å²) in [5, 5.41) is 6.58. The highest BCUT2D eigenvalue weighted by Crippen LogP contribution is 2.10. The van der Waals surface area contributed by atoms with E-state index in [1.807, 2.05) is 6.92 Å². The van der Waals surface area contributed by atoms with E-state index in [0.29, 0.717) is 11.5 Å². The maximum absolute atomic E-state index is 11.7. The first-order valence-corrected chi connectivity index (χ1v) is 5.33. The lowest BCUT2D eigenvalue weighted by molar-refractivity contribution is 0.0985. The molecule has 15 heavy (non-hydrogen) atoms. The van der Waals surface area contributed by atoms with Gasteiger partial charge in [0.05, 0.1) is 11.4 Å². The largest absolute Gasteiger partial charge is 0.292 e. The molecule has 0 aliphatic carbocycles. The van der Waals surface area contributed by atoms with E-state index in [1.54, 1.807) is 17.1 Å². The SMILES string of the molecule is Cc1nc(C(=O)Cc2ncnn2C)cs1. The third kappa shape index (κ3) is 2.10. The average Bonchev–Trinajstić information content (AvgIpc) is 2.77. The lowest BCUT2D eigenvalue weighted by Gasteiger charge is -1.96. The van der Waals surface area contributed by atoms with E-state index in [0.717, 1.165) is 5.01 Å². The molecule has 0 saturated heterocycles. The Morgan fingerprint density at radius 2 is 2.40 bits per heavy atom. The first-order valence-electron chi connectivity index (χ1n) is 4.45. The van der Waals surface area contributed by atoms with Gasteiger partial charge >= 0.3 is 0 Å². The van der Waals surface area contributed by atoms with Crippen LogP contribution >= 0.6 is 11.3 Å². The van der Waals surface area contributed by atoms with Gasteiger partial charge in [0.1, 0.15) is 17.8 Å². The van der Waals surface area contributed by atoms with Gasteiger partial charge in [-0.2, -0.15) is 5.10 Å². The van der Waals surface area contributed by atoms with Crippen LogP contribution in [0.4, 0.5) is 0 Å². The van der Waals surface area contributed by atoms with Crippen LogP contribution in [0.1, 0.15) is 21.3 Å². The number of aromatic nitrogens is 4. The predicted molar refractivity (Wildman–Crippen MR) is 55.9 cm³/mol. The number of ketones is 1. The van der Waals surface area contributed by atoms with Gasteiger partial charge in [0.2, 0.25) is 0 Å². The van der Waals surface area contributed by atoms with Gasteiger partial charge in [0, 0.05) is 12.4 Å². The van der Waals surface area contributed by atoms with Gasteiger partial charge in [-0.3, -0.25) is 9.48 Å². The second kappa shape index (κ2) is 3.90. The molecule has 0 aliphatic heterocycles. The molecule has 0 aromatic carbocycles. The molecule has 78 valence electrons. The molecule has 0 amide bonds. The Kier molecular flexibility index (Phi) is 2.59. The second-order valence-corrected chi connectivity index (χ2v) is 4.21. The molecule has 0 saturated carbocycles. The van der Waals surface area contributed by atoms with E-state index >= 15 is 0 Å². The summed E-state index contributed by atoms with van der Waals surface area (Å²) in [5.41, 5.74) is 0.514. The molecule has 0 aliphatic rings. The Bertz CT molecular complexity index is 488. The van der Waals surface area contributed by atoms with Crippen LogP contribution in [0.2, 0.25) is 0 Å². The van der Waals surface area contributed by atoms with Crippen molar-refractivity contribution in [2.24, 2.45) is 7.05 Å². The lowest BCUT2D eigenvalue weighted by Crippen LogP contribution is -2.09. The fraction of sp³-hybridized carbons (Fsp3) is 0.333. The van der Waals surface area contributed by atoms with E-state index < -0.39 is 0 Å². The number of Topliss-reactive ketones (excluding diaryl/α,β-unsaturated/α-hetero) is 1. The van der Waals surface area contributed by atoms with Crippen molar-refractivity contribution in [3.05, 3.63) is 28.2 Å². The summed E-state index contributed by atoms with van der Waals surface area (Å²) in [4.78, 5) is 19.9. The van der Waals surface area contributed by atoms with Gasteiger partial charge in [0.15, 0.2) is 5.78 Å². The summed E-state index contributed by atoms with van der Waals surface area (Å²) in [6.07, 6.45) is 1.69. The Morgan fingerprint density at radius 3 is 2.93 bits per heavy atom. The normalized spacial score (nSPS) is 10.5. The predicted octanol–water partition coefficient (Wildman–Crippen LogP) is 1.01. The maximum Gasteiger partial charge on any atom is 0.189 e. The van der Waals surface area contributed by atoms with Crippen LogP contribution < -0.4 is 0 Å². The zero-order chi connectivity index (χ0) is 10.8. The maximum atomic E-state index is 11.7. The van der Waals surface area contributed by atoms with Gasteiger partial charge < -0.3 is 0 Å². The van der Waals surface area contributed by atoms with Crippen molar-refractivity contribution in [3.8, 4) is 0 Å². The summed E-state index contributed by atoms with van der Waals surface area (Å²) >= 11 is 1.47. The van der Waals surface area contributed by atoms with E-state index in [4.69, 9.17) is 0 Å². The van der Waals surface area contributed by atoms with Crippen molar-refractivity contribution >= 4 is 17.1 Å². The number of carbonyl (C=O) groups excluding carboxylic acids is 1. The molecule has 0 N–H and O–H groups in total. The molecule has 2 aromatic rings. The van der Waals surface area contributed by atoms with Crippen molar-refractivity contribution in [1.29, 1.82) is 0 Å². The molecule has 6 heteroatoms. The fourth-order valence-electron chi connectivity index (χ4n) is 1.21. The number of hydrogen-bond donors (Lipinski definition) is 0. The topological polar surface area (TPSA) is 60.7 Å². The van der Waals surface area contributed by atoms with Crippen LogP contribution in [0.5, 0.6) is 0 Å². The highest BCUT2D eigenvalue weighted by molar-refractivity contribution is 7.09. The first-order chi connectivity index (χ1) is 7.16. The second-order valence-electron chi connectivity index (χ2n) is 3.15. The first kappa shape index (κ1) is 9.97. The summed E-state index contributed by atoms with van der Waals surface area (Å²) in [6.45, 7) is 1.88. The molecule has 2 rings (SSSR count). The number of rotatable bonds is 3. The Hall–Kier alpha value is -1.56. The summed E-state index contributed by atoms with van der Waals surface area (Å²) in [6, 6.07) is 0. The Morgan fingerprint density at radius 1 is 1.60 bits per heavy atom. The zero-order valence-electron chi connectivity index (χ0n) is 8.47. The minimum atomic E-state index is -0.0181. The van der Waals surface area contributed by atoms with Crippen LogP contribution in [-0.2, 0) is 13.5 Å². The van der Waals surface area contributed by atoms with Crippen molar-refractivity contribution < 1.29 is 4.79 Å². The molecule has 2 aromatic heterocycles. The van der Waals surface area contributed by atoms with E-state index in [2.05, 4.69) is 15.1 Å². The molecule has 0 unspecified atom stereocenters. The molecule has 5 nitrogen and oxygen atoms in total. The van der Waals surface area contributed by atoms with Crippen molar-refractivity contribution in [2.45, 2.75) is 13.3 Å². The zero-order valence-corrected chi connectivity index (χ0v) is 9.28. The summed E-state index contributed by atoms with van der Waals surface area (Å²) in [5.74, 6) is 0.640. The van der Waals surface area contributed by atoms with Gasteiger partial charge in [-0.05, 0) is 6.92 Å². The van der Waals surface area contributed by atoms with Crippen molar-refractivity contribution in [2.75, 3.05) is 0 Å². The fourth-order valence-corrected chi connectivity index (χ4v) is 1.82. The Balaban J connectivity index is 2.14. The monoisotopic (exact) mass is 222 g/mol. The van der Waals surface area contributed by atoms with Gasteiger partial charge in [0.25, 0.3) is 0 Å². The van der Waals surface area contributed by atoms with Crippen molar-refractivity contribution in [3.63, 3.8) is 0 Å². The quantitative estimate of drug-likeness (QED) is 0.727. The number of carbonyl (C=O) groups is 1. The average molecular weight is 222 g/mol. The van der Waals surface area contributed by atoms with Crippen LogP contribution in [0, 0.1) is 6.92 Å². The van der Waals surface area contributed by atoms with E-state index in [9.17, 15) is 4.79 Å². The molecule has 0 spiro atoms. The smallest absolute Gasteiger partial charge is 0.189 e. The molecule has 0 radical (unpaired) electrons.